The molecule has 12 heavy (non-hydrogen) atoms. The first-order chi connectivity index (χ1) is 5.74. The summed E-state index contributed by atoms with van der Waals surface area (Å²) >= 11 is 0. The van der Waals surface area contributed by atoms with Crippen molar-refractivity contribution in [2.45, 2.75) is 6.92 Å². The van der Waals surface area contributed by atoms with Crippen molar-refractivity contribution in [2.24, 2.45) is 5.73 Å². The maximum Gasteiger partial charge on any atom is 0.0634 e. The number of anilines is 1. The van der Waals surface area contributed by atoms with Crippen LogP contribution in [0.5, 0.6) is 0 Å². The summed E-state index contributed by atoms with van der Waals surface area (Å²) in [4.78, 5) is 0. The highest BCUT2D eigenvalue weighted by molar-refractivity contribution is 5.44. The van der Waals surface area contributed by atoms with Crippen molar-refractivity contribution in [1.82, 2.24) is 0 Å². The van der Waals surface area contributed by atoms with Gasteiger partial charge in [-0.1, -0.05) is 17.7 Å². The summed E-state index contributed by atoms with van der Waals surface area (Å²) in [5, 5.41) is 10.5. The van der Waals surface area contributed by atoms with E-state index in [4.69, 9.17) is 5.73 Å². The Hall–Kier alpha value is -1.06. The standard InChI is InChI=1S/C9H14N2O/c1-8-2-4-9(5-3-8)11(12)7-6-10/h2-5,12H,6-7,10H2,1H3. The lowest BCUT2D eigenvalue weighted by Gasteiger charge is -2.15. The zero-order valence-electron chi connectivity index (χ0n) is 7.20. The van der Waals surface area contributed by atoms with E-state index in [9.17, 15) is 5.21 Å². The molecule has 0 aliphatic rings. The summed E-state index contributed by atoms with van der Waals surface area (Å²) in [5.41, 5.74) is 7.26. The number of hydrogen-bond acceptors (Lipinski definition) is 3. The molecule has 0 saturated carbocycles. The van der Waals surface area contributed by atoms with Gasteiger partial charge in [0, 0.05) is 6.54 Å². The molecule has 0 saturated heterocycles. The van der Waals surface area contributed by atoms with E-state index >= 15 is 0 Å². The van der Waals surface area contributed by atoms with Crippen LogP contribution in [0.4, 0.5) is 5.69 Å². The van der Waals surface area contributed by atoms with Gasteiger partial charge in [-0.2, -0.15) is 0 Å². The first-order valence-electron chi connectivity index (χ1n) is 3.97. The Labute approximate surface area is 72.4 Å². The van der Waals surface area contributed by atoms with Gasteiger partial charge in [-0.15, -0.1) is 0 Å². The summed E-state index contributed by atoms with van der Waals surface area (Å²) in [6.07, 6.45) is 0. The van der Waals surface area contributed by atoms with Gasteiger partial charge in [-0.3, -0.25) is 10.3 Å². The zero-order valence-corrected chi connectivity index (χ0v) is 7.20. The van der Waals surface area contributed by atoms with E-state index in [1.54, 1.807) is 0 Å². The molecule has 0 aliphatic heterocycles. The van der Waals surface area contributed by atoms with E-state index in [2.05, 4.69) is 0 Å². The molecule has 3 nitrogen and oxygen atoms in total. The van der Waals surface area contributed by atoms with Gasteiger partial charge in [0.2, 0.25) is 0 Å². The molecule has 0 bridgehead atoms. The van der Waals surface area contributed by atoms with Gasteiger partial charge in [0.15, 0.2) is 0 Å². The first-order valence-corrected chi connectivity index (χ1v) is 3.97. The molecule has 3 N–H and O–H groups in total. The topological polar surface area (TPSA) is 49.5 Å². The molecule has 0 amide bonds. The molecule has 0 aromatic heterocycles. The van der Waals surface area contributed by atoms with Gasteiger partial charge in [0.05, 0.1) is 12.2 Å². The summed E-state index contributed by atoms with van der Waals surface area (Å²) in [6, 6.07) is 7.64. The Kier molecular flexibility index (Phi) is 3.08. The Morgan fingerprint density at radius 1 is 1.33 bits per heavy atom. The summed E-state index contributed by atoms with van der Waals surface area (Å²) in [7, 11) is 0. The molecule has 0 fully saturated rings. The average molecular weight is 166 g/mol. The molecule has 0 radical (unpaired) electrons. The maximum absolute atomic E-state index is 9.36. The van der Waals surface area contributed by atoms with Gasteiger partial charge < -0.3 is 5.73 Å². The number of hydrogen-bond donors (Lipinski definition) is 2. The number of nitrogens with two attached hydrogens (primary N) is 1. The number of benzene rings is 1. The Bertz CT molecular complexity index is 233. The van der Waals surface area contributed by atoms with Crippen molar-refractivity contribution in [3.8, 4) is 0 Å². The van der Waals surface area contributed by atoms with Crippen LogP contribution in [0.25, 0.3) is 0 Å². The molecule has 1 rings (SSSR count). The van der Waals surface area contributed by atoms with E-state index in [1.165, 1.54) is 5.56 Å². The molecule has 0 aliphatic carbocycles. The third-order valence-corrected chi connectivity index (χ3v) is 1.67. The molecule has 66 valence electrons. The molecule has 0 heterocycles. The number of aryl methyl sites for hydroxylation is 1. The van der Waals surface area contributed by atoms with E-state index < -0.39 is 0 Å². The monoisotopic (exact) mass is 166 g/mol. The first kappa shape index (κ1) is 9.03. The largest absolute Gasteiger partial charge is 0.329 e. The third-order valence-electron chi connectivity index (χ3n) is 1.67. The van der Waals surface area contributed by atoms with E-state index in [0.29, 0.717) is 13.1 Å². The van der Waals surface area contributed by atoms with Crippen LogP contribution in [-0.4, -0.2) is 18.3 Å². The fourth-order valence-electron chi connectivity index (χ4n) is 0.968. The highest BCUT2D eigenvalue weighted by Gasteiger charge is 1.99. The van der Waals surface area contributed by atoms with Crippen molar-refractivity contribution in [1.29, 1.82) is 0 Å². The van der Waals surface area contributed by atoms with Crippen LogP contribution in [0.1, 0.15) is 5.56 Å². The van der Waals surface area contributed by atoms with E-state index in [-0.39, 0.29) is 0 Å². The van der Waals surface area contributed by atoms with Crippen LogP contribution in [0.2, 0.25) is 0 Å². The van der Waals surface area contributed by atoms with E-state index in [0.717, 1.165) is 10.8 Å². The summed E-state index contributed by atoms with van der Waals surface area (Å²) in [6.45, 7) is 2.92. The van der Waals surface area contributed by atoms with Gasteiger partial charge in [-0.25, -0.2) is 0 Å². The van der Waals surface area contributed by atoms with Gasteiger partial charge in [0.1, 0.15) is 0 Å². The van der Waals surface area contributed by atoms with Crippen molar-refractivity contribution in [2.75, 3.05) is 18.2 Å². The van der Waals surface area contributed by atoms with Gasteiger partial charge in [-0.05, 0) is 19.1 Å². The van der Waals surface area contributed by atoms with Crippen LogP contribution in [0.15, 0.2) is 24.3 Å². The second-order valence-corrected chi connectivity index (χ2v) is 2.75. The number of rotatable bonds is 3. The Balaban J connectivity index is 2.68. The highest BCUT2D eigenvalue weighted by Crippen LogP contribution is 2.11. The average Bonchev–Trinajstić information content (AvgIpc) is 2.06. The lowest BCUT2D eigenvalue weighted by molar-refractivity contribution is 0.257. The number of hydroxylamine groups is 1. The molecule has 0 atom stereocenters. The highest BCUT2D eigenvalue weighted by atomic mass is 16.5. The second-order valence-electron chi connectivity index (χ2n) is 2.75. The fraction of sp³-hybridized carbons (Fsp3) is 0.333. The SMILES string of the molecule is Cc1ccc(N(O)CCN)cc1. The molecular weight excluding hydrogens is 152 g/mol. The lowest BCUT2D eigenvalue weighted by Crippen LogP contribution is -2.25. The molecule has 0 unspecified atom stereocenters. The summed E-state index contributed by atoms with van der Waals surface area (Å²) < 4.78 is 0. The van der Waals surface area contributed by atoms with Crippen LogP contribution in [0, 0.1) is 6.92 Å². The van der Waals surface area contributed by atoms with Crippen LogP contribution in [0.3, 0.4) is 0 Å². The Morgan fingerprint density at radius 3 is 2.42 bits per heavy atom. The minimum Gasteiger partial charge on any atom is -0.329 e. The minimum atomic E-state index is 0.449. The second kappa shape index (κ2) is 4.09. The lowest BCUT2D eigenvalue weighted by atomic mass is 10.2. The van der Waals surface area contributed by atoms with Gasteiger partial charge >= 0.3 is 0 Å². The van der Waals surface area contributed by atoms with Crippen molar-refractivity contribution < 1.29 is 5.21 Å². The molecule has 0 spiro atoms. The molecular formula is C9H14N2O. The zero-order chi connectivity index (χ0) is 8.97. The predicted octanol–water partition coefficient (Wildman–Crippen LogP) is 1.15. The molecule has 1 aromatic rings. The Morgan fingerprint density at radius 2 is 1.92 bits per heavy atom. The quantitative estimate of drug-likeness (QED) is 0.662. The smallest absolute Gasteiger partial charge is 0.0634 e. The van der Waals surface area contributed by atoms with Crippen LogP contribution < -0.4 is 10.8 Å². The van der Waals surface area contributed by atoms with Gasteiger partial charge in [0.25, 0.3) is 0 Å². The van der Waals surface area contributed by atoms with Crippen molar-refractivity contribution in [3.05, 3.63) is 29.8 Å². The van der Waals surface area contributed by atoms with Crippen molar-refractivity contribution in [3.63, 3.8) is 0 Å². The van der Waals surface area contributed by atoms with E-state index in [1.807, 2.05) is 31.2 Å². The molecule has 3 heteroatoms. The maximum atomic E-state index is 9.36. The van der Waals surface area contributed by atoms with Crippen molar-refractivity contribution >= 4 is 5.69 Å². The van der Waals surface area contributed by atoms with Crippen LogP contribution in [-0.2, 0) is 0 Å². The summed E-state index contributed by atoms with van der Waals surface area (Å²) in [5.74, 6) is 0. The van der Waals surface area contributed by atoms with Crippen LogP contribution >= 0.6 is 0 Å². The number of nitrogens with zero attached hydrogens (tertiary/aromatic N) is 1. The predicted molar refractivity (Wildman–Crippen MR) is 49.4 cm³/mol. The normalized spacial score (nSPS) is 9.92. The fourth-order valence-corrected chi connectivity index (χ4v) is 0.968. The minimum absolute atomic E-state index is 0.449. The third kappa shape index (κ3) is 2.22. The molecule has 1 aromatic carbocycles.